The minimum atomic E-state index is 0.127. The standard InChI is InChI=1S/C18H26INO2/c1-11(2)14-7-5-12(3)9-15(14)18(21)20-17-8-6-13(22-4)10-16(17)19/h6,8,10-12,14-15H,5,7,9H2,1-4H3,(H,20,21)/t12-,14+,15-/m1/s1/i19-2. The fourth-order valence-electron chi connectivity index (χ4n) is 3.45. The Bertz CT molecular complexity index is 530. The molecule has 0 aromatic heterocycles. The number of hydrogen-bond acceptors (Lipinski definition) is 2. The van der Waals surface area contributed by atoms with Crippen molar-refractivity contribution in [2.45, 2.75) is 40.0 Å². The van der Waals surface area contributed by atoms with E-state index in [-0.39, 0.29) is 11.8 Å². The second-order valence-corrected chi connectivity index (χ2v) is 7.93. The van der Waals surface area contributed by atoms with Crippen LogP contribution in [-0.4, -0.2) is 13.0 Å². The molecule has 0 unspecified atom stereocenters. The summed E-state index contributed by atoms with van der Waals surface area (Å²) in [6.07, 6.45) is 3.41. The molecule has 0 saturated heterocycles. The van der Waals surface area contributed by atoms with E-state index in [1.54, 1.807) is 7.11 Å². The van der Waals surface area contributed by atoms with Crippen LogP contribution in [0.1, 0.15) is 40.0 Å². The molecule has 1 fully saturated rings. The van der Waals surface area contributed by atoms with Crippen LogP contribution in [-0.2, 0) is 4.79 Å². The predicted molar refractivity (Wildman–Crippen MR) is 99.2 cm³/mol. The van der Waals surface area contributed by atoms with Crippen molar-refractivity contribution in [3.05, 3.63) is 21.8 Å². The number of hydrogen-bond donors (Lipinski definition) is 1. The molecule has 1 saturated carbocycles. The van der Waals surface area contributed by atoms with Crippen molar-refractivity contribution in [1.29, 1.82) is 0 Å². The molecule has 2 rings (SSSR count). The summed E-state index contributed by atoms with van der Waals surface area (Å²) in [5, 5.41) is 3.13. The van der Waals surface area contributed by atoms with Crippen LogP contribution in [0, 0.1) is 27.2 Å². The van der Waals surface area contributed by atoms with E-state index in [1.807, 2.05) is 18.2 Å². The van der Waals surface area contributed by atoms with Crippen LogP contribution in [0.3, 0.4) is 0 Å². The molecular weight excluding hydrogens is 387 g/mol. The molecule has 0 spiro atoms. The average molecular weight is 413 g/mol. The smallest absolute Gasteiger partial charge is 0.227 e. The number of nitrogens with one attached hydrogen (secondary N) is 1. The van der Waals surface area contributed by atoms with Crippen molar-refractivity contribution < 1.29 is 9.53 Å². The first-order valence-corrected chi connectivity index (χ1v) is 9.14. The molecule has 1 N–H and O–H groups in total. The number of carbonyl (C=O) groups is 1. The Morgan fingerprint density at radius 1 is 1.36 bits per heavy atom. The maximum Gasteiger partial charge on any atom is 0.227 e. The van der Waals surface area contributed by atoms with Gasteiger partial charge in [0.15, 0.2) is 0 Å². The van der Waals surface area contributed by atoms with Gasteiger partial charge in [-0.25, -0.2) is 0 Å². The van der Waals surface area contributed by atoms with E-state index >= 15 is 0 Å². The van der Waals surface area contributed by atoms with E-state index < -0.39 is 0 Å². The fraction of sp³-hybridized carbons (Fsp3) is 0.611. The van der Waals surface area contributed by atoms with Gasteiger partial charge in [-0.3, -0.25) is 4.79 Å². The Morgan fingerprint density at radius 3 is 2.68 bits per heavy atom. The Balaban J connectivity index is 2.12. The van der Waals surface area contributed by atoms with E-state index in [1.165, 1.54) is 6.42 Å². The quantitative estimate of drug-likeness (QED) is 0.710. The molecule has 0 aliphatic heterocycles. The van der Waals surface area contributed by atoms with Gasteiger partial charge < -0.3 is 10.1 Å². The molecular formula is C18H26INO2. The number of ether oxygens (including phenoxy) is 1. The topological polar surface area (TPSA) is 38.3 Å². The molecule has 122 valence electrons. The highest BCUT2D eigenvalue weighted by Gasteiger charge is 2.35. The molecule has 1 aliphatic carbocycles. The van der Waals surface area contributed by atoms with Gasteiger partial charge in [0.05, 0.1) is 12.8 Å². The monoisotopic (exact) mass is 413 g/mol. The lowest BCUT2D eigenvalue weighted by Crippen LogP contribution is -2.36. The lowest BCUT2D eigenvalue weighted by Gasteiger charge is -2.36. The molecule has 1 aromatic carbocycles. The van der Waals surface area contributed by atoms with Crippen LogP contribution in [0.2, 0.25) is 0 Å². The van der Waals surface area contributed by atoms with Gasteiger partial charge in [0.1, 0.15) is 5.75 Å². The zero-order valence-corrected chi connectivity index (χ0v) is 16.0. The van der Waals surface area contributed by atoms with Crippen molar-refractivity contribution in [1.82, 2.24) is 0 Å². The summed E-state index contributed by atoms with van der Waals surface area (Å²) in [4.78, 5) is 12.8. The Kier molecular flexibility index (Phi) is 6.12. The van der Waals surface area contributed by atoms with E-state index in [2.05, 4.69) is 48.7 Å². The maximum atomic E-state index is 12.8. The van der Waals surface area contributed by atoms with Crippen LogP contribution < -0.4 is 10.1 Å². The van der Waals surface area contributed by atoms with Crippen molar-refractivity contribution >= 4 is 34.2 Å². The van der Waals surface area contributed by atoms with E-state index in [0.717, 1.165) is 27.8 Å². The molecule has 3 nitrogen and oxygen atoms in total. The van der Waals surface area contributed by atoms with Gasteiger partial charge >= 0.3 is 0 Å². The Morgan fingerprint density at radius 2 is 2.09 bits per heavy atom. The van der Waals surface area contributed by atoms with Crippen molar-refractivity contribution in [3.63, 3.8) is 0 Å². The summed E-state index contributed by atoms with van der Waals surface area (Å²) < 4.78 is 6.23. The molecule has 0 bridgehead atoms. The van der Waals surface area contributed by atoms with Gasteiger partial charge in [-0.05, 0) is 71.4 Å². The Hall–Kier alpha value is -0.780. The van der Waals surface area contributed by atoms with Crippen LogP contribution in [0.4, 0.5) is 5.69 Å². The highest BCUT2D eigenvalue weighted by molar-refractivity contribution is 14.1. The Labute approximate surface area is 147 Å². The molecule has 0 heterocycles. The number of benzene rings is 1. The summed E-state index contributed by atoms with van der Waals surface area (Å²) in [6.45, 7) is 6.73. The van der Waals surface area contributed by atoms with E-state index in [0.29, 0.717) is 17.8 Å². The second-order valence-electron chi connectivity index (χ2n) is 6.77. The first kappa shape index (κ1) is 17.6. The van der Waals surface area contributed by atoms with Crippen molar-refractivity contribution in [3.8, 4) is 5.75 Å². The van der Waals surface area contributed by atoms with Gasteiger partial charge in [0.25, 0.3) is 0 Å². The van der Waals surface area contributed by atoms with E-state index in [4.69, 9.17) is 4.74 Å². The average Bonchev–Trinajstić information content (AvgIpc) is 2.48. The van der Waals surface area contributed by atoms with Crippen LogP contribution >= 0.6 is 22.6 Å². The summed E-state index contributed by atoms with van der Waals surface area (Å²) in [5.41, 5.74) is 0.882. The summed E-state index contributed by atoms with van der Waals surface area (Å²) in [5.74, 6) is 2.80. The minimum absolute atomic E-state index is 0.127. The summed E-state index contributed by atoms with van der Waals surface area (Å²) in [7, 11) is 1.65. The number of rotatable bonds is 4. The summed E-state index contributed by atoms with van der Waals surface area (Å²) >= 11 is 2.24. The lowest BCUT2D eigenvalue weighted by atomic mass is 9.70. The van der Waals surface area contributed by atoms with Gasteiger partial charge in [0, 0.05) is 9.49 Å². The minimum Gasteiger partial charge on any atom is -0.497 e. The molecule has 0 radical (unpaired) electrons. The predicted octanol–water partition coefficient (Wildman–Crippen LogP) is 4.95. The zero-order valence-electron chi connectivity index (χ0n) is 13.9. The number of methoxy groups -OCH3 is 1. The first-order valence-electron chi connectivity index (χ1n) is 8.06. The molecule has 1 amide bonds. The summed E-state index contributed by atoms with van der Waals surface area (Å²) in [6, 6.07) is 5.76. The van der Waals surface area contributed by atoms with Crippen molar-refractivity contribution in [2.24, 2.45) is 23.7 Å². The number of halogens is 1. The second kappa shape index (κ2) is 7.66. The van der Waals surface area contributed by atoms with Gasteiger partial charge in [0.2, 0.25) is 5.91 Å². The third-order valence-electron chi connectivity index (χ3n) is 4.79. The van der Waals surface area contributed by atoms with Gasteiger partial charge in [-0.1, -0.05) is 27.2 Å². The third-order valence-corrected chi connectivity index (χ3v) is 5.69. The molecule has 1 aliphatic rings. The lowest BCUT2D eigenvalue weighted by molar-refractivity contribution is -0.124. The molecule has 3 atom stereocenters. The number of amides is 1. The highest BCUT2D eigenvalue weighted by Crippen LogP contribution is 2.38. The third kappa shape index (κ3) is 4.15. The van der Waals surface area contributed by atoms with Gasteiger partial charge in [-0.2, -0.15) is 0 Å². The highest BCUT2D eigenvalue weighted by atomic mass is 125. The van der Waals surface area contributed by atoms with Gasteiger partial charge in [-0.15, -0.1) is 0 Å². The van der Waals surface area contributed by atoms with Crippen LogP contribution in [0.5, 0.6) is 5.75 Å². The molecule has 1 aromatic rings. The first-order chi connectivity index (χ1) is 10.4. The zero-order chi connectivity index (χ0) is 16.3. The maximum absolute atomic E-state index is 12.8. The molecule has 4 heteroatoms. The molecule has 22 heavy (non-hydrogen) atoms. The van der Waals surface area contributed by atoms with E-state index in [9.17, 15) is 4.79 Å². The SMILES string of the molecule is COc1ccc(NC(=O)[C@@H]2C[C@H](C)CC[C@H]2C(C)C)c([125I])c1. The fourth-order valence-corrected chi connectivity index (χ4v) is 4.07. The largest absolute Gasteiger partial charge is 0.497 e. The number of anilines is 1. The van der Waals surface area contributed by atoms with Crippen molar-refractivity contribution in [2.75, 3.05) is 12.4 Å². The van der Waals surface area contributed by atoms with Crippen LogP contribution in [0.15, 0.2) is 18.2 Å². The normalized spacial score (nSPS) is 25.1. The number of carbonyl (C=O) groups excluding carboxylic acids is 1. The van der Waals surface area contributed by atoms with Crippen LogP contribution in [0.25, 0.3) is 0 Å².